The van der Waals surface area contributed by atoms with E-state index in [0.717, 1.165) is 23.7 Å². The SMILES string of the molecule is COc1ccc(NC(=O)c2cnc3n2C[C@@H](NC(=O)c2cccc(N(C)C)c2)CC3)cc1. The Bertz CT molecular complexity index is 1120. The van der Waals surface area contributed by atoms with Crippen molar-refractivity contribution in [3.63, 3.8) is 0 Å². The average molecular weight is 434 g/mol. The Morgan fingerprint density at radius 1 is 1.12 bits per heavy atom. The highest BCUT2D eigenvalue weighted by atomic mass is 16.5. The number of carbonyl (C=O) groups excluding carboxylic acids is 2. The normalized spacial score (nSPS) is 14.9. The van der Waals surface area contributed by atoms with Crippen molar-refractivity contribution >= 4 is 23.2 Å². The maximum absolute atomic E-state index is 12.9. The Morgan fingerprint density at radius 2 is 1.91 bits per heavy atom. The number of aryl methyl sites for hydroxylation is 1. The van der Waals surface area contributed by atoms with Crippen LogP contribution in [0.2, 0.25) is 0 Å². The molecular weight excluding hydrogens is 406 g/mol. The number of methoxy groups -OCH3 is 1. The topological polar surface area (TPSA) is 88.5 Å². The van der Waals surface area contributed by atoms with Crippen LogP contribution in [-0.4, -0.2) is 48.6 Å². The summed E-state index contributed by atoms with van der Waals surface area (Å²) >= 11 is 0. The summed E-state index contributed by atoms with van der Waals surface area (Å²) in [6, 6.07) is 14.6. The summed E-state index contributed by atoms with van der Waals surface area (Å²) in [6.45, 7) is 0.500. The summed E-state index contributed by atoms with van der Waals surface area (Å²) in [5.74, 6) is 1.22. The minimum absolute atomic E-state index is 0.0836. The molecule has 2 heterocycles. The van der Waals surface area contributed by atoms with Gasteiger partial charge < -0.3 is 24.8 Å². The Morgan fingerprint density at radius 3 is 2.62 bits per heavy atom. The Hall–Kier alpha value is -3.81. The first-order valence-electron chi connectivity index (χ1n) is 10.5. The van der Waals surface area contributed by atoms with Crippen molar-refractivity contribution < 1.29 is 14.3 Å². The summed E-state index contributed by atoms with van der Waals surface area (Å²) in [7, 11) is 5.48. The molecule has 1 aromatic heterocycles. The summed E-state index contributed by atoms with van der Waals surface area (Å²) in [5, 5.41) is 6.01. The summed E-state index contributed by atoms with van der Waals surface area (Å²) < 4.78 is 7.04. The fourth-order valence-corrected chi connectivity index (χ4v) is 3.79. The molecule has 1 aliphatic heterocycles. The third-order valence-electron chi connectivity index (χ3n) is 5.60. The first-order valence-corrected chi connectivity index (χ1v) is 10.5. The fraction of sp³-hybridized carbons (Fsp3) is 0.292. The standard InChI is InChI=1S/C24H27N5O3/c1-28(2)19-6-4-5-16(13-19)23(30)27-18-9-12-22-25-14-21(29(22)15-18)24(31)26-17-7-10-20(32-3)11-8-17/h4-8,10-11,13-14,18H,9,12,15H2,1-3H3,(H,26,31)(H,27,30)/t18-/m0/s1. The molecule has 0 saturated heterocycles. The van der Waals surface area contributed by atoms with E-state index in [2.05, 4.69) is 15.6 Å². The van der Waals surface area contributed by atoms with Crippen LogP contribution in [0.5, 0.6) is 5.75 Å². The van der Waals surface area contributed by atoms with Gasteiger partial charge in [-0.05, 0) is 48.9 Å². The van der Waals surface area contributed by atoms with Gasteiger partial charge in [0.2, 0.25) is 0 Å². The van der Waals surface area contributed by atoms with E-state index >= 15 is 0 Å². The number of nitrogens with one attached hydrogen (secondary N) is 2. The largest absolute Gasteiger partial charge is 0.497 e. The predicted molar refractivity (Wildman–Crippen MR) is 124 cm³/mol. The van der Waals surface area contributed by atoms with Gasteiger partial charge in [-0.1, -0.05) is 6.07 Å². The molecule has 8 nitrogen and oxygen atoms in total. The number of anilines is 2. The minimum atomic E-state index is -0.237. The molecule has 4 rings (SSSR count). The van der Waals surface area contributed by atoms with Crippen LogP contribution in [0.1, 0.15) is 33.1 Å². The first kappa shape index (κ1) is 21.4. The molecule has 0 fully saturated rings. The summed E-state index contributed by atoms with van der Waals surface area (Å²) in [6.07, 6.45) is 3.06. The molecule has 1 aliphatic rings. The van der Waals surface area contributed by atoms with Crippen LogP contribution in [0, 0.1) is 0 Å². The van der Waals surface area contributed by atoms with Gasteiger partial charge >= 0.3 is 0 Å². The van der Waals surface area contributed by atoms with Gasteiger partial charge in [-0.15, -0.1) is 0 Å². The molecular formula is C24H27N5O3. The lowest BCUT2D eigenvalue weighted by Crippen LogP contribution is -2.41. The quantitative estimate of drug-likeness (QED) is 0.624. The van der Waals surface area contributed by atoms with E-state index in [0.29, 0.717) is 29.9 Å². The van der Waals surface area contributed by atoms with Gasteiger partial charge in [-0.25, -0.2) is 4.98 Å². The van der Waals surface area contributed by atoms with Crippen molar-refractivity contribution in [2.75, 3.05) is 31.4 Å². The van der Waals surface area contributed by atoms with E-state index in [1.807, 2.05) is 47.8 Å². The molecule has 0 radical (unpaired) electrons. The summed E-state index contributed by atoms with van der Waals surface area (Å²) in [4.78, 5) is 32.0. The number of rotatable bonds is 6. The van der Waals surface area contributed by atoms with E-state index in [4.69, 9.17) is 4.74 Å². The Balaban J connectivity index is 1.44. The van der Waals surface area contributed by atoms with E-state index < -0.39 is 0 Å². The van der Waals surface area contributed by atoms with Crippen molar-refractivity contribution in [2.24, 2.45) is 0 Å². The zero-order valence-corrected chi connectivity index (χ0v) is 18.5. The van der Waals surface area contributed by atoms with Crippen LogP contribution in [0.15, 0.2) is 54.7 Å². The second-order valence-corrected chi connectivity index (χ2v) is 8.01. The highest BCUT2D eigenvalue weighted by molar-refractivity contribution is 6.03. The molecule has 0 saturated carbocycles. The van der Waals surface area contributed by atoms with Gasteiger partial charge in [0.05, 0.1) is 13.3 Å². The third-order valence-corrected chi connectivity index (χ3v) is 5.60. The molecule has 0 bridgehead atoms. The first-order chi connectivity index (χ1) is 15.4. The van der Waals surface area contributed by atoms with Crippen LogP contribution in [0.3, 0.4) is 0 Å². The van der Waals surface area contributed by atoms with Crippen LogP contribution < -0.4 is 20.3 Å². The molecule has 0 aliphatic carbocycles. The molecule has 166 valence electrons. The molecule has 2 N–H and O–H groups in total. The lowest BCUT2D eigenvalue weighted by molar-refractivity contribution is 0.0927. The van der Waals surface area contributed by atoms with Crippen LogP contribution in [-0.2, 0) is 13.0 Å². The van der Waals surface area contributed by atoms with Crippen molar-refractivity contribution in [3.05, 3.63) is 71.8 Å². The van der Waals surface area contributed by atoms with Crippen molar-refractivity contribution in [2.45, 2.75) is 25.4 Å². The van der Waals surface area contributed by atoms with E-state index in [1.54, 1.807) is 37.6 Å². The highest BCUT2D eigenvalue weighted by Gasteiger charge is 2.26. The molecule has 0 spiro atoms. The van der Waals surface area contributed by atoms with Crippen molar-refractivity contribution in [3.8, 4) is 5.75 Å². The van der Waals surface area contributed by atoms with Gasteiger partial charge in [0.25, 0.3) is 11.8 Å². The number of imidazole rings is 1. The van der Waals surface area contributed by atoms with Crippen LogP contribution in [0.25, 0.3) is 0 Å². The minimum Gasteiger partial charge on any atom is -0.497 e. The second kappa shape index (κ2) is 9.13. The number of aromatic nitrogens is 2. The number of benzene rings is 2. The molecule has 8 heteroatoms. The zero-order valence-electron chi connectivity index (χ0n) is 18.5. The molecule has 1 atom stereocenters. The molecule has 2 amide bonds. The van der Waals surface area contributed by atoms with Crippen LogP contribution in [0.4, 0.5) is 11.4 Å². The van der Waals surface area contributed by atoms with Gasteiger partial charge in [0.15, 0.2) is 0 Å². The van der Waals surface area contributed by atoms with Crippen molar-refractivity contribution in [1.29, 1.82) is 0 Å². The Labute approximate surface area is 187 Å². The fourth-order valence-electron chi connectivity index (χ4n) is 3.79. The zero-order chi connectivity index (χ0) is 22.7. The monoisotopic (exact) mass is 433 g/mol. The Kier molecular flexibility index (Phi) is 6.11. The van der Waals surface area contributed by atoms with Crippen molar-refractivity contribution in [1.82, 2.24) is 14.9 Å². The molecule has 2 aromatic carbocycles. The second-order valence-electron chi connectivity index (χ2n) is 8.01. The highest BCUT2D eigenvalue weighted by Crippen LogP contribution is 2.20. The predicted octanol–water partition coefficient (Wildman–Crippen LogP) is 2.95. The number of fused-ring (bicyclic) bond motifs is 1. The third kappa shape index (κ3) is 4.59. The van der Waals surface area contributed by atoms with Gasteiger partial charge in [0, 0.05) is 50.0 Å². The number of hydrogen-bond donors (Lipinski definition) is 2. The average Bonchev–Trinajstić information content (AvgIpc) is 3.23. The van der Waals surface area contributed by atoms with Crippen LogP contribution >= 0.6 is 0 Å². The number of ether oxygens (including phenoxy) is 1. The number of amides is 2. The smallest absolute Gasteiger partial charge is 0.273 e. The number of hydrogen-bond acceptors (Lipinski definition) is 5. The van der Waals surface area contributed by atoms with Gasteiger partial charge in [-0.3, -0.25) is 9.59 Å². The van der Waals surface area contributed by atoms with E-state index in [-0.39, 0.29) is 17.9 Å². The van der Waals surface area contributed by atoms with Gasteiger partial charge in [0.1, 0.15) is 17.3 Å². The van der Waals surface area contributed by atoms with Gasteiger partial charge in [-0.2, -0.15) is 0 Å². The number of nitrogens with zero attached hydrogens (tertiary/aromatic N) is 3. The van der Waals surface area contributed by atoms with E-state index in [1.165, 1.54) is 0 Å². The number of carbonyl (C=O) groups is 2. The lowest BCUT2D eigenvalue weighted by Gasteiger charge is -2.26. The maximum atomic E-state index is 12.9. The summed E-state index contributed by atoms with van der Waals surface area (Å²) in [5.41, 5.74) is 2.73. The molecule has 32 heavy (non-hydrogen) atoms. The van der Waals surface area contributed by atoms with E-state index in [9.17, 15) is 9.59 Å². The molecule has 3 aromatic rings. The maximum Gasteiger partial charge on any atom is 0.273 e. The molecule has 0 unspecified atom stereocenters. The lowest BCUT2D eigenvalue weighted by atomic mass is 10.1.